The number of aliphatic hydroxyl groups excluding tert-OH is 1. The first-order valence-corrected chi connectivity index (χ1v) is 6.44. The molecule has 2 amide bonds. The number of aliphatic hydroxyl groups is 1. The van der Waals surface area contributed by atoms with Crippen LogP contribution < -0.4 is 10.6 Å². The van der Waals surface area contributed by atoms with E-state index in [1.165, 1.54) is 6.07 Å². The molecule has 0 saturated heterocycles. The van der Waals surface area contributed by atoms with Crippen molar-refractivity contribution < 1.29 is 14.3 Å². The highest BCUT2D eigenvalue weighted by Gasteiger charge is 2.18. The smallest absolute Gasteiger partial charge is 0.315 e. The predicted octanol–water partition coefficient (Wildman–Crippen LogP) is 2.87. The number of carbonyl (C=O) groups excluding carboxylic acids is 1. The van der Waals surface area contributed by atoms with Crippen LogP contribution in [0, 0.1) is 5.82 Å². The third kappa shape index (κ3) is 4.53. The van der Waals surface area contributed by atoms with Crippen molar-refractivity contribution in [1.82, 2.24) is 10.6 Å². The van der Waals surface area contributed by atoms with E-state index in [9.17, 15) is 9.18 Å². The zero-order valence-corrected chi connectivity index (χ0v) is 12.0. The molecular weight excluding hydrogens is 294 g/mol. The van der Waals surface area contributed by atoms with Gasteiger partial charge in [0.15, 0.2) is 0 Å². The van der Waals surface area contributed by atoms with Gasteiger partial charge in [-0.25, -0.2) is 9.18 Å². The number of carbonyl (C=O) groups is 1. The molecule has 3 N–H and O–H groups in total. The van der Waals surface area contributed by atoms with Gasteiger partial charge in [0.05, 0.1) is 17.2 Å². The standard InChI is InChI=1S/C12H15Cl2FN2O2/c1-6(18)5-16-12(19)17-7(2)10-8(13)3-4-9(15)11(10)14/h3-4,6-7,18H,5H2,1-2H3,(H2,16,17,19)/t6-,7-/m1/s1. The molecule has 0 saturated carbocycles. The fourth-order valence-electron chi connectivity index (χ4n) is 1.50. The Bertz CT molecular complexity index is 469. The maximum absolute atomic E-state index is 13.4. The zero-order valence-electron chi connectivity index (χ0n) is 10.5. The largest absolute Gasteiger partial charge is 0.392 e. The lowest BCUT2D eigenvalue weighted by atomic mass is 10.1. The minimum Gasteiger partial charge on any atom is -0.392 e. The Balaban J connectivity index is 2.76. The zero-order chi connectivity index (χ0) is 14.6. The van der Waals surface area contributed by atoms with Crippen LogP contribution in [0.3, 0.4) is 0 Å². The Labute approximate surface area is 120 Å². The first-order valence-electron chi connectivity index (χ1n) is 5.68. The van der Waals surface area contributed by atoms with Crippen LogP contribution in [0.1, 0.15) is 25.5 Å². The number of benzene rings is 1. The van der Waals surface area contributed by atoms with Crippen molar-refractivity contribution in [2.45, 2.75) is 26.0 Å². The molecule has 1 aromatic carbocycles. The van der Waals surface area contributed by atoms with Gasteiger partial charge in [0.1, 0.15) is 5.82 Å². The molecule has 0 aliphatic heterocycles. The summed E-state index contributed by atoms with van der Waals surface area (Å²) in [5.74, 6) is -0.598. The Hall–Kier alpha value is -1.04. The maximum atomic E-state index is 13.4. The second-order valence-corrected chi connectivity index (χ2v) is 4.97. The van der Waals surface area contributed by atoms with E-state index >= 15 is 0 Å². The number of hydrogen-bond donors (Lipinski definition) is 3. The van der Waals surface area contributed by atoms with Crippen molar-refractivity contribution in [3.63, 3.8) is 0 Å². The van der Waals surface area contributed by atoms with Crippen LogP contribution >= 0.6 is 23.2 Å². The van der Waals surface area contributed by atoms with E-state index in [2.05, 4.69) is 10.6 Å². The van der Waals surface area contributed by atoms with Gasteiger partial charge in [-0.2, -0.15) is 0 Å². The van der Waals surface area contributed by atoms with E-state index in [1.807, 2.05) is 0 Å². The second-order valence-electron chi connectivity index (χ2n) is 4.18. The number of rotatable bonds is 4. The fourth-order valence-corrected chi connectivity index (χ4v) is 2.20. The molecule has 2 atom stereocenters. The van der Waals surface area contributed by atoms with E-state index in [0.29, 0.717) is 5.56 Å². The van der Waals surface area contributed by atoms with Crippen molar-refractivity contribution in [3.8, 4) is 0 Å². The maximum Gasteiger partial charge on any atom is 0.315 e. The summed E-state index contributed by atoms with van der Waals surface area (Å²) in [5, 5.41) is 14.2. The Morgan fingerprint density at radius 1 is 1.42 bits per heavy atom. The molecule has 0 radical (unpaired) electrons. The minimum atomic E-state index is -0.651. The molecule has 0 spiro atoms. The van der Waals surface area contributed by atoms with Crippen LogP contribution in [0.5, 0.6) is 0 Å². The van der Waals surface area contributed by atoms with Gasteiger partial charge in [-0.3, -0.25) is 0 Å². The van der Waals surface area contributed by atoms with Gasteiger partial charge < -0.3 is 15.7 Å². The third-order valence-corrected chi connectivity index (χ3v) is 3.13. The van der Waals surface area contributed by atoms with Gasteiger partial charge in [-0.05, 0) is 26.0 Å². The quantitative estimate of drug-likeness (QED) is 0.749. The van der Waals surface area contributed by atoms with Crippen LogP contribution in [-0.4, -0.2) is 23.8 Å². The van der Waals surface area contributed by atoms with Crippen LogP contribution in [0.2, 0.25) is 10.0 Å². The lowest BCUT2D eigenvalue weighted by Crippen LogP contribution is -2.40. The van der Waals surface area contributed by atoms with Gasteiger partial charge in [0.25, 0.3) is 0 Å². The molecule has 0 aromatic heterocycles. The summed E-state index contributed by atoms with van der Waals surface area (Å²) in [7, 11) is 0. The summed E-state index contributed by atoms with van der Waals surface area (Å²) in [6.45, 7) is 3.29. The second kappa shape index (κ2) is 6.93. The minimum absolute atomic E-state index is 0.114. The average molecular weight is 309 g/mol. The summed E-state index contributed by atoms with van der Waals surface area (Å²) in [5.41, 5.74) is 0.315. The van der Waals surface area contributed by atoms with Gasteiger partial charge >= 0.3 is 6.03 Å². The Kier molecular flexibility index (Phi) is 5.85. The fraction of sp³-hybridized carbons (Fsp3) is 0.417. The molecule has 106 valence electrons. The number of halogens is 3. The molecule has 0 unspecified atom stereocenters. The number of amides is 2. The number of nitrogens with one attached hydrogen (secondary N) is 2. The molecule has 4 nitrogen and oxygen atoms in total. The monoisotopic (exact) mass is 308 g/mol. The average Bonchev–Trinajstić information content (AvgIpc) is 2.32. The third-order valence-electron chi connectivity index (χ3n) is 2.42. The highest BCUT2D eigenvalue weighted by atomic mass is 35.5. The van der Waals surface area contributed by atoms with Crippen molar-refractivity contribution in [2.24, 2.45) is 0 Å². The van der Waals surface area contributed by atoms with Crippen molar-refractivity contribution in [2.75, 3.05) is 6.54 Å². The molecule has 0 aliphatic carbocycles. The Morgan fingerprint density at radius 3 is 2.63 bits per heavy atom. The molecule has 7 heteroatoms. The molecule has 0 fully saturated rings. The molecule has 19 heavy (non-hydrogen) atoms. The summed E-state index contributed by atoms with van der Waals surface area (Å²) in [6, 6.07) is 1.48. The van der Waals surface area contributed by atoms with Crippen LogP contribution in [0.25, 0.3) is 0 Å². The Morgan fingerprint density at radius 2 is 2.05 bits per heavy atom. The van der Waals surface area contributed by atoms with Crippen LogP contribution in [-0.2, 0) is 0 Å². The van der Waals surface area contributed by atoms with Crippen molar-refractivity contribution >= 4 is 29.2 Å². The molecule has 0 bridgehead atoms. The summed E-state index contributed by atoms with van der Waals surface area (Å²) < 4.78 is 13.4. The molecule has 0 heterocycles. The summed E-state index contributed by atoms with van der Waals surface area (Å²) in [6.07, 6.45) is -0.651. The van der Waals surface area contributed by atoms with Gasteiger partial charge in [-0.15, -0.1) is 0 Å². The SMILES string of the molecule is C[C@@H](O)CNC(=O)N[C@H](C)c1c(Cl)ccc(F)c1Cl. The van der Waals surface area contributed by atoms with Crippen LogP contribution in [0.4, 0.5) is 9.18 Å². The highest BCUT2D eigenvalue weighted by molar-refractivity contribution is 6.36. The van der Waals surface area contributed by atoms with E-state index in [1.54, 1.807) is 13.8 Å². The number of urea groups is 1. The van der Waals surface area contributed by atoms with Gasteiger partial charge in [-0.1, -0.05) is 23.2 Å². The summed E-state index contributed by atoms with van der Waals surface area (Å²) >= 11 is 11.8. The molecule has 1 rings (SSSR count). The highest BCUT2D eigenvalue weighted by Crippen LogP contribution is 2.32. The van der Waals surface area contributed by atoms with Crippen LogP contribution in [0.15, 0.2) is 12.1 Å². The van der Waals surface area contributed by atoms with Gasteiger partial charge in [0.2, 0.25) is 0 Å². The molecular formula is C12H15Cl2FN2O2. The normalized spacial score (nSPS) is 13.8. The lowest BCUT2D eigenvalue weighted by molar-refractivity contribution is 0.187. The van der Waals surface area contributed by atoms with E-state index < -0.39 is 24.0 Å². The first kappa shape index (κ1) is 16.0. The lowest BCUT2D eigenvalue weighted by Gasteiger charge is -2.18. The summed E-state index contributed by atoms with van der Waals surface area (Å²) in [4.78, 5) is 11.5. The van der Waals surface area contributed by atoms with E-state index in [0.717, 1.165) is 6.07 Å². The topological polar surface area (TPSA) is 61.4 Å². The predicted molar refractivity (Wildman–Crippen MR) is 73.1 cm³/mol. The molecule has 1 aromatic rings. The van der Waals surface area contributed by atoms with E-state index in [4.69, 9.17) is 28.3 Å². The van der Waals surface area contributed by atoms with Crippen molar-refractivity contribution in [3.05, 3.63) is 33.6 Å². The van der Waals surface area contributed by atoms with Crippen molar-refractivity contribution in [1.29, 1.82) is 0 Å². The molecule has 0 aliphatic rings. The first-order chi connectivity index (χ1) is 8.82. The number of hydrogen-bond acceptors (Lipinski definition) is 2. The van der Waals surface area contributed by atoms with E-state index in [-0.39, 0.29) is 16.6 Å². The van der Waals surface area contributed by atoms with Gasteiger partial charge in [0, 0.05) is 17.1 Å².